The Bertz CT molecular complexity index is 434. The average molecular weight is 365 g/mol. The number of hydrogen-bond acceptors (Lipinski definition) is 3. The van der Waals surface area contributed by atoms with E-state index < -0.39 is 0 Å². The molecule has 3 heteroatoms. The molecule has 0 bridgehead atoms. The molecule has 0 fully saturated rings. The lowest BCUT2D eigenvalue weighted by Gasteiger charge is -2.18. The Balaban J connectivity index is 2.65. The summed E-state index contributed by atoms with van der Waals surface area (Å²) in [6, 6.07) is 5.82. The molecule has 0 amide bonds. The van der Waals surface area contributed by atoms with Crippen molar-refractivity contribution >= 4 is 0 Å². The van der Waals surface area contributed by atoms with Crippen molar-refractivity contribution in [2.24, 2.45) is 11.8 Å². The minimum Gasteiger partial charge on any atom is -0.493 e. The molecule has 3 nitrogen and oxygen atoms in total. The van der Waals surface area contributed by atoms with Crippen LogP contribution >= 0.6 is 0 Å². The molecule has 150 valence electrons. The van der Waals surface area contributed by atoms with Crippen LogP contribution in [-0.4, -0.2) is 18.3 Å². The maximum Gasteiger partial charge on any atom is 0.123 e. The van der Waals surface area contributed by atoms with E-state index in [4.69, 9.17) is 9.47 Å². The Kier molecular flexibility index (Phi) is 12.2. The summed E-state index contributed by atoms with van der Waals surface area (Å²) in [6.07, 6.45) is 9.66. The summed E-state index contributed by atoms with van der Waals surface area (Å²) in [5.41, 5.74) is 0.848. The molecule has 26 heavy (non-hydrogen) atoms. The van der Waals surface area contributed by atoms with Gasteiger partial charge in [0.25, 0.3) is 0 Å². The van der Waals surface area contributed by atoms with Gasteiger partial charge in [0.2, 0.25) is 0 Å². The highest BCUT2D eigenvalue weighted by molar-refractivity contribution is 5.38. The number of benzene rings is 1. The average Bonchev–Trinajstić information content (AvgIpc) is 2.68. The lowest BCUT2D eigenvalue weighted by Crippen LogP contribution is -2.13. The molecule has 0 saturated heterocycles. The van der Waals surface area contributed by atoms with Gasteiger partial charge in [0, 0.05) is 6.07 Å². The van der Waals surface area contributed by atoms with Crippen LogP contribution in [0.1, 0.15) is 84.6 Å². The Labute approximate surface area is 161 Å². The largest absolute Gasteiger partial charge is 0.493 e. The Morgan fingerprint density at radius 2 is 1.23 bits per heavy atom. The van der Waals surface area contributed by atoms with Gasteiger partial charge in [-0.1, -0.05) is 66.2 Å². The van der Waals surface area contributed by atoms with Crippen LogP contribution in [0.25, 0.3) is 0 Å². The summed E-state index contributed by atoms with van der Waals surface area (Å²) in [7, 11) is 0. The monoisotopic (exact) mass is 364 g/mol. The maximum absolute atomic E-state index is 9.55. The highest BCUT2D eigenvalue weighted by Gasteiger charge is 2.11. The van der Waals surface area contributed by atoms with E-state index in [1.165, 1.54) is 38.5 Å². The third kappa shape index (κ3) is 8.93. The first-order chi connectivity index (χ1) is 12.7. The van der Waals surface area contributed by atoms with Crippen LogP contribution in [0.4, 0.5) is 0 Å². The van der Waals surface area contributed by atoms with E-state index in [2.05, 4.69) is 27.7 Å². The Hall–Kier alpha value is -1.22. The van der Waals surface area contributed by atoms with Gasteiger partial charge < -0.3 is 14.6 Å². The van der Waals surface area contributed by atoms with Crippen LogP contribution in [0.2, 0.25) is 0 Å². The molecule has 1 N–H and O–H groups in total. The summed E-state index contributed by atoms with van der Waals surface area (Å²) in [6.45, 7) is 10.4. The normalized spacial score (nSPS) is 13.4. The zero-order valence-electron chi connectivity index (χ0n) is 17.4. The quantitative estimate of drug-likeness (QED) is 0.393. The second-order valence-electron chi connectivity index (χ2n) is 7.43. The predicted octanol–water partition coefficient (Wildman–Crippen LogP) is 6.37. The van der Waals surface area contributed by atoms with Gasteiger partial charge in [0.1, 0.15) is 11.5 Å². The van der Waals surface area contributed by atoms with Crippen LogP contribution in [0, 0.1) is 11.8 Å². The lowest BCUT2D eigenvalue weighted by atomic mass is 10.0. The number of hydrogen-bond donors (Lipinski definition) is 1. The van der Waals surface area contributed by atoms with Crippen molar-refractivity contribution in [3.05, 3.63) is 23.8 Å². The second-order valence-corrected chi connectivity index (χ2v) is 7.43. The smallest absolute Gasteiger partial charge is 0.123 e. The molecule has 1 aromatic carbocycles. The fraction of sp³-hybridized carbons (Fsp3) is 0.739. The van der Waals surface area contributed by atoms with E-state index in [0.717, 1.165) is 43.1 Å². The van der Waals surface area contributed by atoms with E-state index >= 15 is 0 Å². The molecule has 1 rings (SSSR count). The number of unbranched alkanes of at least 4 members (excludes halogenated alkanes) is 2. The van der Waals surface area contributed by atoms with Crippen LogP contribution in [0.5, 0.6) is 11.5 Å². The van der Waals surface area contributed by atoms with Crippen LogP contribution in [-0.2, 0) is 6.61 Å². The van der Waals surface area contributed by atoms with E-state index in [1.54, 1.807) is 0 Å². The fourth-order valence-electron chi connectivity index (χ4n) is 3.11. The summed E-state index contributed by atoms with van der Waals surface area (Å²) in [5.74, 6) is 2.80. The van der Waals surface area contributed by atoms with Gasteiger partial charge in [0.05, 0.1) is 19.8 Å². The standard InChI is InChI=1S/C23H40O3/c1-5-9-11-19(7-3)17-25-22-13-21(16-24)14-23(15-22)26-18-20(8-4)12-10-6-2/h13-15,19-20,24H,5-12,16-18H2,1-4H3. The molecule has 1 aromatic rings. The Morgan fingerprint density at radius 3 is 1.58 bits per heavy atom. The van der Waals surface area contributed by atoms with E-state index in [9.17, 15) is 5.11 Å². The predicted molar refractivity (Wildman–Crippen MR) is 110 cm³/mol. The fourth-order valence-corrected chi connectivity index (χ4v) is 3.11. The molecule has 0 spiro atoms. The first kappa shape index (κ1) is 22.8. The summed E-state index contributed by atoms with van der Waals surface area (Å²) < 4.78 is 12.1. The van der Waals surface area contributed by atoms with Gasteiger partial charge in [-0.25, -0.2) is 0 Å². The van der Waals surface area contributed by atoms with E-state index in [0.29, 0.717) is 11.8 Å². The molecular formula is C23H40O3. The molecule has 0 aliphatic heterocycles. The Morgan fingerprint density at radius 1 is 0.769 bits per heavy atom. The molecule has 0 aromatic heterocycles. The van der Waals surface area contributed by atoms with Crippen molar-refractivity contribution in [1.82, 2.24) is 0 Å². The zero-order chi connectivity index (χ0) is 19.2. The third-order valence-corrected chi connectivity index (χ3v) is 5.18. The molecular weight excluding hydrogens is 324 g/mol. The zero-order valence-corrected chi connectivity index (χ0v) is 17.4. The maximum atomic E-state index is 9.55. The SMILES string of the molecule is CCCCC(CC)COc1cc(CO)cc(OCC(CC)CCCC)c1. The lowest BCUT2D eigenvalue weighted by molar-refractivity contribution is 0.221. The molecule has 2 atom stereocenters. The number of aliphatic hydroxyl groups excluding tert-OH is 1. The van der Waals surface area contributed by atoms with Crippen LogP contribution < -0.4 is 9.47 Å². The number of ether oxygens (including phenoxy) is 2. The molecule has 2 unspecified atom stereocenters. The number of aliphatic hydroxyl groups is 1. The summed E-state index contributed by atoms with van der Waals surface area (Å²) >= 11 is 0. The molecule has 0 radical (unpaired) electrons. The minimum absolute atomic E-state index is 0.00758. The van der Waals surface area contributed by atoms with Crippen molar-refractivity contribution in [3.63, 3.8) is 0 Å². The third-order valence-electron chi connectivity index (χ3n) is 5.18. The van der Waals surface area contributed by atoms with Gasteiger partial charge in [-0.15, -0.1) is 0 Å². The molecule has 0 aliphatic rings. The van der Waals surface area contributed by atoms with Gasteiger partial charge >= 0.3 is 0 Å². The van der Waals surface area contributed by atoms with Crippen molar-refractivity contribution in [3.8, 4) is 11.5 Å². The second kappa shape index (κ2) is 13.9. The van der Waals surface area contributed by atoms with E-state index in [-0.39, 0.29) is 6.61 Å². The highest BCUT2D eigenvalue weighted by Crippen LogP contribution is 2.26. The van der Waals surface area contributed by atoms with Gasteiger partial charge in [0.15, 0.2) is 0 Å². The van der Waals surface area contributed by atoms with Crippen LogP contribution in [0.3, 0.4) is 0 Å². The minimum atomic E-state index is 0.00758. The van der Waals surface area contributed by atoms with Gasteiger partial charge in [-0.3, -0.25) is 0 Å². The molecule has 0 aliphatic carbocycles. The van der Waals surface area contributed by atoms with Crippen molar-refractivity contribution in [2.75, 3.05) is 13.2 Å². The van der Waals surface area contributed by atoms with Crippen molar-refractivity contribution < 1.29 is 14.6 Å². The first-order valence-electron chi connectivity index (χ1n) is 10.7. The molecule has 0 heterocycles. The molecule has 0 saturated carbocycles. The number of rotatable bonds is 15. The van der Waals surface area contributed by atoms with Gasteiger partial charge in [-0.05, 0) is 42.4 Å². The topological polar surface area (TPSA) is 38.7 Å². The van der Waals surface area contributed by atoms with Crippen LogP contribution in [0.15, 0.2) is 18.2 Å². The highest BCUT2D eigenvalue weighted by atomic mass is 16.5. The first-order valence-corrected chi connectivity index (χ1v) is 10.7. The van der Waals surface area contributed by atoms with Crippen molar-refractivity contribution in [1.29, 1.82) is 0 Å². The van der Waals surface area contributed by atoms with Crippen molar-refractivity contribution in [2.45, 2.75) is 85.7 Å². The summed E-state index contributed by atoms with van der Waals surface area (Å²) in [4.78, 5) is 0. The summed E-state index contributed by atoms with van der Waals surface area (Å²) in [5, 5.41) is 9.55. The van der Waals surface area contributed by atoms with Gasteiger partial charge in [-0.2, -0.15) is 0 Å². The van der Waals surface area contributed by atoms with E-state index in [1.807, 2.05) is 18.2 Å².